The lowest BCUT2D eigenvalue weighted by Crippen LogP contribution is -2.53. The smallest absolute Gasteiger partial charge is 0.408 e. The first-order chi connectivity index (χ1) is 23.3. The zero-order chi connectivity index (χ0) is 35.7. The van der Waals surface area contributed by atoms with Crippen molar-refractivity contribution in [3.63, 3.8) is 0 Å². The van der Waals surface area contributed by atoms with E-state index in [4.69, 9.17) is 32.5 Å². The number of hydrogen-bond donors (Lipinski definition) is 5. The van der Waals surface area contributed by atoms with Crippen molar-refractivity contribution in [1.29, 1.82) is 0 Å². The molecule has 17 heteroatoms. The maximum Gasteiger partial charge on any atom is 0.408 e. The summed E-state index contributed by atoms with van der Waals surface area (Å²) in [6, 6.07) is 9.85. The number of hydrogen-bond acceptors (Lipinski definition) is 12. The number of benzene rings is 2. The molecule has 7 N–H and O–H groups in total. The number of nitrogens with one attached hydrogen (secondary N) is 3. The van der Waals surface area contributed by atoms with E-state index < -0.39 is 46.5 Å². The predicted molar refractivity (Wildman–Crippen MR) is 188 cm³/mol. The van der Waals surface area contributed by atoms with Crippen LogP contribution in [-0.2, 0) is 19.6 Å². The second kappa shape index (κ2) is 17.5. The molecule has 0 radical (unpaired) electrons. The van der Waals surface area contributed by atoms with Gasteiger partial charge in [-0.2, -0.15) is 4.31 Å². The first-order valence-corrected chi connectivity index (χ1v) is 18.7. The average molecular weight is 738 g/mol. The number of nitrogens with zero attached hydrogens (tertiary/aromatic N) is 2. The third-order valence-electron chi connectivity index (χ3n) is 7.92. The molecule has 2 aromatic carbocycles. The minimum absolute atomic E-state index is 0.0154. The van der Waals surface area contributed by atoms with Crippen molar-refractivity contribution in [3.05, 3.63) is 52.5 Å². The average Bonchev–Trinajstić information content (AvgIpc) is 3.50. The van der Waals surface area contributed by atoms with Gasteiger partial charge in [-0.25, -0.2) is 18.2 Å². The van der Waals surface area contributed by atoms with E-state index in [-0.39, 0.29) is 71.1 Å². The van der Waals surface area contributed by atoms with Crippen LogP contribution in [0, 0.1) is 5.92 Å². The van der Waals surface area contributed by atoms with Gasteiger partial charge in [-0.3, -0.25) is 14.9 Å². The first kappa shape index (κ1) is 38.4. The van der Waals surface area contributed by atoms with E-state index in [0.717, 1.165) is 4.70 Å². The summed E-state index contributed by atoms with van der Waals surface area (Å²) in [5.41, 5.74) is 11.8. The lowest BCUT2D eigenvalue weighted by atomic mass is 10.0. The van der Waals surface area contributed by atoms with E-state index in [1.54, 1.807) is 6.07 Å². The molecule has 1 aliphatic heterocycles. The van der Waals surface area contributed by atoms with E-state index in [9.17, 15) is 22.8 Å². The fourth-order valence-electron chi connectivity index (χ4n) is 5.45. The molecule has 4 rings (SSSR count). The molecule has 268 valence electrons. The second-order valence-electron chi connectivity index (χ2n) is 12.2. The van der Waals surface area contributed by atoms with Crippen LogP contribution in [-0.4, -0.2) is 86.7 Å². The van der Waals surface area contributed by atoms with Crippen LogP contribution < -0.4 is 32.2 Å². The summed E-state index contributed by atoms with van der Waals surface area (Å²) in [4.78, 5) is 44.8. The molecule has 1 aliphatic rings. The molecule has 0 bridgehead atoms. The number of alkyl carbamates (subject to hydrolysis) is 1. The van der Waals surface area contributed by atoms with Gasteiger partial charge in [0, 0.05) is 18.1 Å². The van der Waals surface area contributed by atoms with E-state index in [0.29, 0.717) is 18.5 Å². The Morgan fingerprint density at radius 3 is 2.45 bits per heavy atom. The Bertz CT molecular complexity index is 1680. The van der Waals surface area contributed by atoms with Crippen molar-refractivity contribution in [1.82, 2.24) is 25.2 Å². The molecule has 0 spiro atoms. The Hall–Kier alpha value is -3.38. The molecule has 2 heterocycles. The SMILES string of the molecule is COc1ccc(Cl)cc1S(=O)(=O)N1CCC(OC(=O)N[C@@H](CC(C)C)C(=O)N[C@@H](CCCNC(N)N)C(=O)c2nc3ccccc3s2)CC1. The number of fused-ring (bicyclic) bond motifs is 1. The van der Waals surface area contributed by atoms with Gasteiger partial charge in [-0.1, -0.05) is 37.6 Å². The van der Waals surface area contributed by atoms with Gasteiger partial charge in [0.15, 0.2) is 5.01 Å². The number of carbonyl (C=O) groups is 3. The summed E-state index contributed by atoms with van der Waals surface area (Å²) < 4.78 is 39.7. The number of nitrogens with two attached hydrogens (primary N) is 2. The van der Waals surface area contributed by atoms with Crippen molar-refractivity contribution in [3.8, 4) is 5.75 Å². The molecule has 1 aromatic heterocycles. The van der Waals surface area contributed by atoms with Crippen LogP contribution in [0.4, 0.5) is 4.79 Å². The standard InChI is InChI=1S/C32H44ClN7O7S2/c1-19(2)17-24(29(42)37-23(8-6-14-36-31(34)35)28(41)30-38-22-7-4-5-9-26(22)48-30)39-32(43)47-21-12-15-40(16-13-21)49(44,45)27-18-20(33)10-11-25(27)46-3/h4-5,7,9-11,18-19,21,23-24,31,36H,6,8,12-17,34-35H2,1-3H3,(H,37,42)(H,39,43)/t23-,24-/m0/s1. The number of Topliss-reactive ketones (excluding diaryl/α,β-unsaturated/α-hetero) is 1. The Morgan fingerprint density at radius 1 is 1.08 bits per heavy atom. The highest BCUT2D eigenvalue weighted by molar-refractivity contribution is 7.89. The number of piperidine rings is 1. The van der Waals surface area contributed by atoms with Crippen LogP contribution in [0.5, 0.6) is 5.75 Å². The highest BCUT2D eigenvalue weighted by Crippen LogP contribution is 2.31. The Balaban J connectivity index is 1.39. The van der Waals surface area contributed by atoms with Crippen molar-refractivity contribution in [2.24, 2.45) is 17.4 Å². The van der Waals surface area contributed by atoms with Gasteiger partial charge < -0.3 is 31.6 Å². The summed E-state index contributed by atoms with van der Waals surface area (Å²) in [7, 11) is -2.53. The summed E-state index contributed by atoms with van der Waals surface area (Å²) >= 11 is 7.30. The number of ether oxygens (including phenoxy) is 2. The fraction of sp³-hybridized carbons (Fsp3) is 0.500. The van der Waals surface area contributed by atoms with Gasteiger partial charge in [0.2, 0.25) is 21.7 Å². The number of carbonyl (C=O) groups excluding carboxylic acids is 3. The Kier molecular flexibility index (Phi) is 13.7. The molecule has 1 fully saturated rings. The molecule has 14 nitrogen and oxygen atoms in total. The number of sulfonamides is 1. The van der Waals surface area contributed by atoms with Crippen LogP contribution in [0.3, 0.4) is 0 Å². The van der Waals surface area contributed by atoms with E-state index in [1.165, 1.54) is 34.9 Å². The molecule has 0 unspecified atom stereocenters. The molecule has 49 heavy (non-hydrogen) atoms. The first-order valence-electron chi connectivity index (χ1n) is 16.0. The van der Waals surface area contributed by atoms with Crippen LogP contribution in [0.1, 0.15) is 55.8 Å². The molecular formula is C32H44ClN7O7S2. The molecule has 3 aromatic rings. The lowest BCUT2D eigenvalue weighted by molar-refractivity contribution is -0.124. The zero-order valence-electron chi connectivity index (χ0n) is 27.7. The number of para-hydroxylation sites is 1. The predicted octanol–water partition coefficient (Wildman–Crippen LogP) is 3.19. The maximum atomic E-state index is 13.6. The number of aromatic nitrogens is 1. The third kappa shape index (κ3) is 10.6. The quantitative estimate of drug-likeness (QED) is 0.0819. The highest BCUT2D eigenvalue weighted by Gasteiger charge is 2.34. The van der Waals surface area contributed by atoms with Crippen molar-refractivity contribution in [2.75, 3.05) is 26.7 Å². The lowest BCUT2D eigenvalue weighted by Gasteiger charge is -2.31. The largest absolute Gasteiger partial charge is 0.495 e. The van der Waals surface area contributed by atoms with E-state index in [1.807, 2.05) is 38.1 Å². The van der Waals surface area contributed by atoms with Crippen LogP contribution >= 0.6 is 22.9 Å². The molecule has 2 atom stereocenters. The maximum absolute atomic E-state index is 13.6. The summed E-state index contributed by atoms with van der Waals surface area (Å²) in [6.07, 6.45) is -0.575. The topological polar surface area (TPSA) is 208 Å². The number of halogens is 1. The van der Waals surface area contributed by atoms with Crippen LogP contribution in [0.15, 0.2) is 47.4 Å². The van der Waals surface area contributed by atoms with Crippen molar-refractivity contribution < 1.29 is 32.3 Å². The van der Waals surface area contributed by atoms with Crippen LogP contribution in [0.25, 0.3) is 10.2 Å². The second-order valence-corrected chi connectivity index (χ2v) is 15.5. The molecule has 1 saturated heterocycles. The number of ketones is 1. The van der Waals surface area contributed by atoms with Crippen molar-refractivity contribution in [2.45, 2.75) is 75.3 Å². The molecule has 0 aliphatic carbocycles. The molecule has 2 amide bonds. The van der Waals surface area contributed by atoms with Gasteiger partial charge in [0.05, 0.1) is 23.4 Å². The molecule has 0 saturated carbocycles. The fourth-order valence-corrected chi connectivity index (χ4v) is 8.30. The minimum Gasteiger partial charge on any atom is -0.495 e. The van der Waals surface area contributed by atoms with Gasteiger partial charge in [0.1, 0.15) is 29.1 Å². The Morgan fingerprint density at radius 2 is 1.80 bits per heavy atom. The number of rotatable bonds is 16. The summed E-state index contributed by atoms with van der Waals surface area (Å²) in [6.45, 7) is 4.44. The minimum atomic E-state index is -3.92. The van der Waals surface area contributed by atoms with Gasteiger partial charge >= 0.3 is 6.09 Å². The van der Waals surface area contributed by atoms with E-state index >= 15 is 0 Å². The van der Waals surface area contributed by atoms with Gasteiger partial charge in [-0.15, -0.1) is 11.3 Å². The number of methoxy groups -OCH3 is 1. The zero-order valence-corrected chi connectivity index (χ0v) is 30.1. The number of amides is 2. The normalized spacial score (nSPS) is 15.7. The monoisotopic (exact) mass is 737 g/mol. The van der Waals surface area contributed by atoms with E-state index in [2.05, 4.69) is 20.9 Å². The van der Waals surface area contributed by atoms with Crippen LogP contribution in [0.2, 0.25) is 5.02 Å². The third-order valence-corrected chi connectivity index (χ3v) is 11.1. The summed E-state index contributed by atoms with van der Waals surface area (Å²) in [5, 5.41) is 8.92. The highest BCUT2D eigenvalue weighted by atomic mass is 35.5. The van der Waals surface area contributed by atoms with Gasteiger partial charge in [0.25, 0.3) is 0 Å². The number of thiazole rings is 1. The Labute approximate surface area is 295 Å². The van der Waals surface area contributed by atoms with Crippen molar-refractivity contribution >= 4 is 61.0 Å². The molecular weight excluding hydrogens is 694 g/mol. The van der Waals surface area contributed by atoms with Gasteiger partial charge in [-0.05, 0) is 74.9 Å². The summed E-state index contributed by atoms with van der Waals surface area (Å²) in [5.74, 6) is -0.682.